The first-order chi connectivity index (χ1) is 21.0. The standard InChI is InChI=1S/C33H49N3O8S/c1-22-19-25(11-12-26(22)27-9-8-10-29(34-27)42-17-18-43-31(3,4)5)24-13-15-36(16-14-24)45(40,41)33(30(37)35-39)20-23(2)28(21-33)44-32(6,7)38/h8-12,19,23-24,28,38-39H,13-18,20-21H2,1-7H3,(H,35,37)/t23-,28+,33-/m1/s1. The maximum absolute atomic E-state index is 14.0. The molecule has 1 aliphatic heterocycles. The molecule has 0 spiro atoms. The van der Waals surface area contributed by atoms with Gasteiger partial charge in [-0.1, -0.05) is 31.2 Å². The van der Waals surface area contributed by atoms with E-state index in [-0.39, 0.29) is 43.4 Å². The molecule has 0 bridgehead atoms. The average Bonchev–Trinajstić information content (AvgIpc) is 3.30. The molecule has 11 nitrogen and oxygen atoms in total. The molecule has 1 aliphatic carbocycles. The number of pyridine rings is 1. The predicted octanol–water partition coefficient (Wildman–Crippen LogP) is 4.55. The van der Waals surface area contributed by atoms with Crippen LogP contribution in [0.4, 0.5) is 0 Å². The lowest BCUT2D eigenvalue weighted by Crippen LogP contribution is -2.57. The molecule has 0 radical (unpaired) electrons. The number of ether oxygens (including phenoxy) is 3. The van der Waals surface area contributed by atoms with E-state index in [1.54, 1.807) is 12.4 Å². The SMILES string of the molecule is Cc1cc(C2CCN(S(=O)(=O)[C@]3(C(=O)NO)C[C@@H](C)[C@@H](OC(C)(C)O)C3)CC2)ccc1-c1cccc(OCCOC(C)(C)C)n1. The largest absolute Gasteiger partial charge is 0.475 e. The Balaban J connectivity index is 1.43. The summed E-state index contributed by atoms with van der Waals surface area (Å²) in [6.07, 6.45) is 0.338. The van der Waals surface area contributed by atoms with Gasteiger partial charge in [-0.25, -0.2) is 23.2 Å². The maximum atomic E-state index is 14.0. The van der Waals surface area contributed by atoms with E-state index >= 15 is 0 Å². The Kier molecular flexibility index (Phi) is 10.7. The van der Waals surface area contributed by atoms with E-state index < -0.39 is 32.6 Å². The summed E-state index contributed by atoms with van der Waals surface area (Å²) >= 11 is 0. The fourth-order valence-electron chi connectivity index (χ4n) is 6.45. The molecule has 1 amide bonds. The number of rotatable bonds is 11. The van der Waals surface area contributed by atoms with E-state index in [1.165, 1.54) is 18.2 Å². The third-order valence-electron chi connectivity index (χ3n) is 8.65. The van der Waals surface area contributed by atoms with Crippen molar-refractivity contribution < 1.29 is 37.7 Å². The molecular weight excluding hydrogens is 598 g/mol. The highest BCUT2D eigenvalue weighted by Crippen LogP contribution is 2.46. The molecular formula is C33H49N3O8S. The molecule has 2 fully saturated rings. The molecule has 3 N–H and O–H groups in total. The minimum Gasteiger partial charge on any atom is -0.475 e. The first kappa shape index (κ1) is 35.2. The van der Waals surface area contributed by atoms with Crippen LogP contribution in [0.5, 0.6) is 5.88 Å². The number of sulfonamides is 1. The van der Waals surface area contributed by atoms with Gasteiger partial charge in [-0.2, -0.15) is 0 Å². The van der Waals surface area contributed by atoms with E-state index in [0.29, 0.717) is 31.9 Å². The highest BCUT2D eigenvalue weighted by molar-refractivity contribution is 7.91. The van der Waals surface area contributed by atoms with Crippen LogP contribution in [0.2, 0.25) is 0 Å². The summed E-state index contributed by atoms with van der Waals surface area (Å²) in [6, 6.07) is 11.9. The number of benzene rings is 1. The number of carbonyl (C=O) groups excluding carboxylic acids is 1. The summed E-state index contributed by atoms with van der Waals surface area (Å²) in [5, 5.41) is 19.7. The van der Waals surface area contributed by atoms with E-state index in [2.05, 4.69) is 17.1 Å². The van der Waals surface area contributed by atoms with Crippen molar-refractivity contribution in [2.45, 2.75) is 102 Å². The zero-order valence-electron chi connectivity index (χ0n) is 27.5. The Hall–Kier alpha value is -2.61. The zero-order valence-corrected chi connectivity index (χ0v) is 28.3. The molecule has 1 aromatic heterocycles. The number of piperidine rings is 1. The van der Waals surface area contributed by atoms with Crippen molar-refractivity contribution in [2.75, 3.05) is 26.3 Å². The number of aryl methyl sites for hydroxylation is 1. The third kappa shape index (κ3) is 8.22. The van der Waals surface area contributed by atoms with Gasteiger partial charge in [0.1, 0.15) is 6.61 Å². The second kappa shape index (κ2) is 13.6. The molecule has 1 aromatic carbocycles. The molecule has 0 unspecified atom stereocenters. The second-order valence-electron chi connectivity index (χ2n) is 13.8. The summed E-state index contributed by atoms with van der Waals surface area (Å²) in [6.45, 7) is 14.1. The normalized spacial score (nSPS) is 23.7. The number of hydroxylamine groups is 1. The minimum atomic E-state index is -4.16. The molecule has 1 saturated carbocycles. The number of aromatic nitrogens is 1. The number of hydrogen-bond acceptors (Lipinski definition) is 9. The number of amides is 1. The van der Waals surface area contributed by atoms with Gasteiger partial charge < -0.3 is 19.3 Å². The third-order valence-corrected chi connectivity index (χ3v) is 11.2. The monoisotopic (exact) mass is 647 g/mol. The molecule has 4 rings (SSSR count). The highest BCUT2D eigenvalue weighted by atomic mass is 32.2. The van der Waals surface area contributed by atoms with Gasteiger partial charge in [0.2, 0.25) is 15.9 Å². The number of nitrogens with zero attached hydrogens (tertiary/aromatic N) is 2. The van der Waals surface area contributed by atoms with Gasteiger partial charge in [0.15, 0.2) is 10.5 Å². The number of carbonyl (C=O) groups is 1. The van der Waals surface area contributed by atoms with Crippen molar-refractivity contribution in [2.24, 2.45) is 5.92 Å². The first-order valence-electron chi connectivity index (χ1n) is 15.6. The average molecular weight is 648 g/mol. The molecule has 12 heteroatoms. The van der Waals surface area contributed by atoms with Crippen LogP contribution in [0.3, 0.4) is 0 Å². The molecule has 45 heavy (non-hydrogen) atoms. The van der Waals surface area contributed by atoms with E-state index in [0.717, 1.165) is 22.4 Å². The van der Waals surface area contributed by atoms with Crippen LogP contribution in [-0.4, -0.2) is 82.5 Å². The maximum Gasteiger partial charge on any atom is 0.266 e. The molecule has 1 saturated heterocycles. The number of nitrogens with one attached hydrogen (secondary N) is 1. The van der Waals surface area contributed by atoms with Crippen molar-refractivity contribution in [3.63, 3.8) is 0 Å². The molecule has 2 heterocycles. The smallest absolute Gasteiger partial charge is 0.266 e. The number of hydrogen-bond donors (Lipinski definition) is 3. The summed E-state index contributed by atoms with van der Waals surface area (Å²) in [7, 11) is -4.16. The van der Waals surface area contributed by atoms with Crippen molar-refractivity contribution in [1.29, 1.82) is 0 Å². The van der Waals surface area contributed by atoms with Crippen LogP contribution in [-0.2, 0) is 24.3 Å². The van der Waals surface area contributed by atoms with Crippen molar-refractivity contribution in [3.8, 4) is 17.1 Å². The molecule has 2 aromatic rings. The van der Waals surface area contributed by atoms with E-state index in [4.69, 9.17) is 14.2 Å². The fourth-order valence-corrected chi connectivity index (χ4v) is 8.76. The Bertz CT molecular complexity index is 1440. The second-order valence-corrected chi connectivity index (χ2v) is 16.1. The predicted molar refractivity (Wildman–Crippen MR) is 170 cm³/mol. The summed E-state index contributed by atoms with van der Waals surface area (Å²) in [4.78, 5) is 17.7. The van der Waals surface area contributed by atoms with E-state index in [9.17, 15) is 23.5 Å². The van der Waals surface area contributed by atoms with Crippen LogP contribution in [0.25, 0.3) is 11.3 Å². The van der Waals surface area contributed by atoms with Crippen molar-refractivity contribution in [1.82, 2.24) is 14.8 Å². The van der Waals surface area contributed by atoms with Gasteiger partial charge in [0.05, 0.1) is 24.0 Å². The van der Waals surface area contributed by atoms with Gasteiger partial charge in [-0.05, 0) is 89.8 Å². The summed E-state index contributed by atoms with van der Waals surface area (Å²) in [5.74, 6) is -2.11. The summed E-state index contributed by atoms with van der Waals surface area (Å²) in [5.41, 5.74) is 5.34. The molecule has 250 valence electrons. The van der Waals surface area contributed by atoms with Gasteiger partial charge in [0, 0.05) is 31.1 Å². The highest BCUT2D eigenvalue weighted by Gasteiger charge is 2.60. The van der Waals surface area contributed by atoms with Gasteiger partial charge in [0.25, 0.3) is 5.91 Å². The molecule has 2 aliphatic rings. The lowest BCUT2D eigenvalue weighted by atomic mass is 9.88. The van der Waals surface area contributed by atoms with Crippen LogP contribution >= 0.6 is 0 Å². The lowest BCUT2D eigenvalue weighted by Gasteiger charge is -2.37. The van der Waals surface area contributed by atoms with Gasteiger partial charge in [-0.3, -0.25) is 10.0 Å². The van der Waals surface area contributed by atoms with Gasteiger partial charge in [-0.15, -0.1) is 0 Å². The van der Waals surface area contributed by atoms with Crippen LogP contribution < -0.4 is 10.2 Å². The van der Waals surface area contributed by atoms with Crippen LogP contribution in [0.1, 0.15) is 84.3 Å². The van der Waals surface area contributed by atoms with Crippen LogP contribution in [0.15, 0.2) is 36.4 Å². The van der Waals surface area contributed by atoms with Gasteiger partial charge >= 0.3 is 0 Å². The van der Waals surface area contributed by atoms with E-state index in [1.807, 2.05) is 52.0 Å². The molecule has 3 atom stereocenters. The Morgan fingerprint density at radius 3 is 2.38 bits per heavy atom. The summed E-state index contributed by atoms with van der Waals surface area (Å²) < 4.78 is 44.8. The topological polar surface area (TPSA) is 148 Å². The Morgan fingerprint density at radius 1 is 1.09 bits per heavy atom. The quantitative estimate of drug-likeness (QED) is 0.138. The Morgan fingerprint density at radius 2 is 1.78 bits per heavy atom. The lowest BCUT2D eigenvalue weighted by molar-refractivity contribution is -0.211. The number of aliphatic hydroxyl groups is 1. The minimum absolute atomic E-state index is 0.0198. The van der Waals surface area contributed by atoms with Crippen LogP contribution in [0, 0.1) is 12.8 Å². The van der Waals surface area contributed by atoms with Crippen molar-refractivity contribution in [3.05, 3.63) is 47.5 Å². The Labute approximate surface area is 267 Å². The first-order valence-corrected chi connectivity index (χ1v) is 17.1. The zero-order chi connectivity index (χ0) is 33.2. The van der Waals surface area contributed by atoms with Crippen molar-refractivity contribution >= 4 is 15.9 Å². The fraction of sp³-hybridized carbons (Fsp3) is 0.636.